The van der Waals surface area contributed by atoms with Crippen molar-refractivity contribution in [1.82, 2.24) is 9.88 Å². The number of hydrogen-bond acceptors (Lipinski definition) is 3. The number of hydrogen-bond donors (Lipinski definition) is 1. The molecule has 0 bridgehead atoms. The van der Waals surface area contributed by atoms with E-state index in [1.165, 1.54) is 27.7 Å². The number of rotatable bonds is 4. The van der Waals surface area contributed by atoms with Crippen LogP contribution < -0.4 is 0 Å². The molecule has 1 spiro atoms. The summed E-state index contributed by atoms with van der Waals surface area (Å²) in [5.41, 5.74) is 5.04. The van der Waals surface area contributed by atoms with E-state index in [9.17, 15) is 0 Å². The van der Waals surface area contributed by atoms with E-state index in [0.29, 0.717) is 0 Å². The van der Waals surface area contributed by atoms with Gasteiger partial charge in [-0.3, -0.25) is 4.90 Å². The molecule has 138 valence electrons. The normalized spacial score (nSPS) is 19.3. The van der Waals surface area contributed by atoms with E-state index >= 15 is 0 Å². The van der Waals surface area contributed by atoms with Crippen LogP contribution in [0.5, 0.6) is 0 Å². The Kier molecular flexibility index (Phi) is 4.21. The summed E-state index contributed by atoms with van der Waals surface area (Å²) in [5.74, 6) is 0. The Morgan fingerprint density at radius 3 is 2.63 bits per heavy atom. The molecule has 5 rings (SSSR count). The number of nitrogens with one attached hydrogen (secondary N) is 1. The average molecular weight is 359 g/mol. The van der Waals surface area contributed by atoms with E-state index in [1.807, 2.05) is 0 Å². The number of oxime groups is 1. The molecule has 0 amide bonds. The lowest BCUT2D eigenvalue weighted by Gasteiger charge is -2.37. The van der Waals surface area contributed by atoms with Gasteiger partial charge in [0.1, 0.15) is 5.60 Å². The third kappa shape index (κ3) is 3.37. The Morgan fingerprint density at radius 1 is 1.00 bits per heavy atom. The highest BCUT2D eigenvalue weighted by Gasteiger charge is 2.41. The number of H-pyrrole nitrogens is 1. The van der Waals surface area contributed by atoms with Crippen molar-refractivity contribution in [3.8, 4) is 0 Å². The van der Waals surface area contributed by atoms with Crippen molar-refractivity contribution in [3.05, 3.63) is 71.9 Å². The quantitative estimate of drug-likeness (QED) is 0.744. The van der Waals surface area contributed by atoms with Crippen LogP contribution in [0.2, 0.25) is 0 Å². The Bertz CT molecular complexity index is 952. The van der Waals surface area contributed by atoms with Gasteiger partial charge in [-0.05, 0) is 17.2 Å². The Hall–Kier alpha value is -2.59. The molecule has 1 fully saturated rings. The standard InChI is InChI=1S/C23H25N3O/c1-2-6-18(7-3-1)14-20-15-23(27-25-20)10-12-26(13-11-23)17-19-16-24-22-9-5-4-8-21(19)22/h1-9,16,24H,10-15,17H2. The number of para-hydroxylation sites is 1. The van der Waals surface area contributed by atoms with Crippen LogP contribution in [0, 0.1) is 0 Å². The fourth-order valence-electron chi connectivity index (χ4n) is 4.41. The van der Waals surface area contributed by atoms with E-state index in [2.05, 4.69) is 75.8 Å². The van der Waals surface area contributed by atoms with Gasteiger partial charge in [0.2, 0.25) is 0 Å². The van der Waals surface area contributed by atoms with Gasteiger partial charge in [-0.2, -0.15) is 0 Å². The third-order valence-electron chi connectivity index (χ3n) is 5.98. The first kappa shape index (κ1) is 16.6. The molecule has 4 nitrogen and oxygen atoms in total. The van der Waals surface area contributed by atoms with Crippen LogP contribution in [0.25, 0.3) is 10.9 Å². The SMILES string of the molecule is c1ccc(CC2=NOC3(CCN(Cc4c[nH]c5ccccc45)CC3)C2)cc1. The molecule has 2 aromatic carbocycles. The first-order valence-corrected chi connectivity index (χ1v) is 9.85. The molecule has 0 saturated carbocycles. The van der Waals surface area contributed by atoms with Crippen molar-refractivity contribution in [1.29, 1.82) is 0 Å². The molecular formula is C23H25N3O. The second-order valence-electron chi connectivity index (χ2n) is 7.91. The highest BCUT2D eigenvalue weighted by Crippen LogP contribution is 2.36. The summed E-state index contributed by atoms with van der Waals surface area (Å²) in [6.45, 7) is 3.12. The Morgan fingerprint density at radius 2 is 1.78 bits per heavy atom. The smallest absolute Gasteiger partial charge is 0.145 e. The molecule has 0 unspecified atom stereocenters. The predicted octanol–water partition coefficient (Wildman–Crippen LogP) is 4.52. The van der Waals surface area contributed by atoms with Crippen molar-refractivity contribution in [3.63, 3.8) is 0 Å². The minimum absolute atomic E-state index is 0.0686. The van der Waals surface area contributed by atoms with Gasteiger partial charge in [0, 0.05) is 62.4 Å². The number of aromatic amines is 1. The first-order valence-electron chi connectivity index (χ1n) is 9.85. The van der Waals surface area contributed by atoms with E-state index in [0.717, 1.165) is 45.3 Å². The second kappa shape index (κ2) is 6.86. The van der Waals surface area contributed by atoms with Gasteiger partial charge in [0.05, 0.1) is 5.71 Å². The summed E-state index contributed by atoms with van der Waals surface area (Å²) in [4.78, 5) is 11.9. The summed E-state index contributed by atoms with van der Waals surface area (Å²) in [6.07, 6.45) is 6.14. The highest BCUT2D eigenvalue weighted by molar-refractivity contribution is 5.88. The van der Waals surface area contributed by atoms with E-state index < -0.39 is 0 Å². The van der Waals surface area contributed by atoms with Crippen molar-refractivity contribution in [2.24, 2.45) is 5.16 Å². The number of fused-ring (bicyclic) bond motifs is 1. The maximum absolute atomic E-state index is 5.98. The lowest BCUT2D eigenvalue weighted by Crippen LogP contribution is -2.44. The molecule has 2 aliphatic rings. The van der Waals surface area contributed by atoms with Crippen molar-refractivity contribution in [2.45, 2.75) is 37.8 Å². The monoisotopic (exact) mass is 359 g/mol. The molecule has 2 aliphatic heterocycles. The molecule has 4 heteroatoms. The van der Waals surface area contributed by atoms with Crippen LogP contribution in [-0.2, 0) is 17.8 Å². The minimum atomic E-state index is -0.0686. The summed E-state index contributed by atoms with van der Waals surface area (Å²) in [5, 5.41) is 5.78. The molecule has 3 aromatic rings. The summed E-state index contributed by atoms with van der Waals surface area (Å²) < 4.78 is 0. The molecule has 0 aliphatic carbocycles. The molecule has 1 aromatic heterocycles. The second-order valence-corrected chi connectivity index (χ2v) is 7.91. The summed E-state index contributed by atoms with van der Waals surface area (Å²) in [6, 6.07) is 19.1. The van der Waals surface area contributed by atoms with Crippen molar-refractivity contribution in [2.75, 3.05) is 13.1 Å². The van der Waals surface area contributed by atoms with Gasteiger partial charge in [0.25, 0.3) is 0 Å². The predicted molar refractivity (Wildman–Crippen MR) is 109 cm³/mol. The summed E-state index contributed by atoms with van der Waals surface area (Å²) in [7, 11) is 0. The van der Waals surface area contributed by atoms with Gasteiger partial charge in [-0.15, -0.1) is 0 Å². The minimum Gasteiger partial charge on any atom is -0.389 e. The Balaban J connectivity index is 1.18. The van der Waals surface area contributed by atoms with Crippen LogP contribution in [0.15, 0.2) is 65.9 Å². The third-order valence-corrected chi connectivity index (χ3v) is 5.98. The molecule has 27 heavy (non-hydrogen) atoms. The van der Waals surface area contributed by atoms with Crippen molar-refractivity contribution < 1.29 is 4.84 Å². The zero-order valence-electron chi connectivity index (χ0n) is 15.5. The van der Waals surface area contributed by atoms with E-state index in [1.54, 1.807) is 0 Å². The van der Waals surface area contributed by atoms with Gasteiger partial charge in [-0.25, -0.2) is 0 Å². The number of nitrogens with zero attached hydrogens (tertiary/aromatic N) is 2. The fourth-order valence-corrected chi connectivity index (χ4v) is 4.41. The zero-order valence-corrected chi connectivity index (χ0v) is 15.5. The maximum atomic E-state index is 5.98. The Labute approximate surface area is 159 Å². The number of aromatic nitrogens is 1. The lowest BCUT2D eigenvalue weighted by atomic mass is 9.85. The molecule has 3 heterocycles. The zero-order chi connectivity index (χ0) is 18.1. The summed E-state index contributed by atoms with van der Waals surface area (Å²) >= 11 is 0. The van der Waals surface area contributed by atoms with Crippen LogP contribution >= 0.6 is 0 Å². The average Bonchev–Trinajstić information content (AvgIpc) is 3.29. The van der Waals surface area contributed by atoms with Crippen LogP contribution in [0.1, 0.15) is 30.4 Å². The number of benzene rings is 2. The molecule has 0 atom stereocenters. The maximum Gasteiger partial charge on any atom is 0.145 e. The van der Waals surface area contributed by atoms with Gasteiger partial charge >= 0.3 is 0 Å². The van der Waals surface area contributed by atoms with Crippen molar-refractivity contribution >= 4 is 16.6 Å². The van der Waals surface area contributed by atoms with Gasteiger partial charge < -0.3 is 9.82 Å². The molecule has 1 N–H and O–H groups in total. The van der Waals surface area contributed by atoms with Crippen LogP contribution in [0.4, 0.5) is 0 Å². The topological polar surface area (TPSA) is 40.6 Å². The van der Waals surface area contributed by atoms with Crippen LogP contribution in [-0.4, -0.2) is 34.3 Å². The fraction of sp³-hybridized carbons (Fsp3) is 0.348. The van der Waals surface area contributed by atoms with Gasteiger partial charge in [0.15, 0.2) is 0 Å². The highest BCUT2D eigenvalue weighted by atomic mass is 16.7. The molecular weight excluding hydrogens is 334 g/mol. The lowest BCUT2D eigenvalue weighted by molar-refractivity contribution is -0.0626. The van der Waals surface area contributed by atoms with E-state index in [-0.39, 0.29) is 5.60 Å². The van der Waals surface area contributed by atoms with Crippen LogP contribution in [0.3, 0.4) is 0 Å². The first-order chi connectivity index (χ1) is 13.3. The number of piperidine rings is 1. The largest absolute Gasteiger partial charge is 0.389 e. The molecule has 0 radical (unpaired) electrons. The van der Waals surface area contributed by atoms with E-state index in [4.69, 9.17) is 4.84 Å². The molecule has 1 saturated heterocycles. The van der Waals surface area contributed by atoms with Gasteiger partial charge in [-0.1, -0.05) is 53.7 Å². The number of likely N-dealkylation sites (tertiary alicyclic amines) is 1.